The number of carbonyl (C=O) groups excluding carboxylic acids is 1. The average molecular weight is 263 g/mol. The summed E-state index contributed by atoms with van der Waals surface area (Å²) in [6.45, 7) is -0.322. The van der Waals surface area contributed by atoms with E-state index in [1.54, 1.807) is 24.3 Å². The number of nitrogens with one attached hydrogen (secondary N) is 1. The van der Waals surface area contributed by atoms with Crippen LogP contribution in [0.3, 0.4) is 0 Å². The van der Waals surface area contributed by atoms with Gasteiger partial charge >= 0.3 is 5.97 Å². The molecule has 1 atom stereocenters. The Morgan fingerprint density at radius 1 is 1.32 bits per heavy atom. The maximum atomic E-state index is 11.9. The highest BCUT2D eigenvalue weighted by Gasteiger charge is 2.21. The summed E-state index contributed by atoms with van der Waals surface area (Å²) in [6, 6.07) is 7.51. The largest absolute Gasteiger partial charge is 0.480 e. The van der Waals surface area contributed by atoms with Crippen LogP contribution in [0, 0.1) is 0 Å². The van der Waals surface area contributed by atoms with Crippen molar-refractivity contribution in [1.82, 2.24) is 5.32 Å². The van der Waals surface area contributed by atoms with Gasteiger partial charge in [0.15, 0.2) is 5.76 Å². The standard InChI is InChI=1S/C13H13NO5/c15-6-5-9(13(17)18)14-12(16)11-7-8-3-1-2-4-10(8)19-11/h1-4,7,9,15H,5-6H2,(H,14,16)(H,17,18)/t9-/m1/s1. The van der Waals surface area contributed by atoms with Crippen molar-refractivity contribution in [2.75, 3.05) is 6.61 Å². The van der Waals surface area contributed by atoms with Crippen molar-refractivity contribution in [2.24, 2.45) is 0 Å². The van der Waals surface area contributed by atoms with Crippen LogP contribution in [0.1, 0.15) is 17.0 Å². The maximum absolute atomic E-state index is 11.9. The van der Waals surface area contributed by atoms with Crippen molar-refractivity contribution in [1.29, 1.82) is 0 Å². The van der Waals surface area contributed by atoms with Crippen LogP contribution in [0.25, 0.3) is 11.0 Å². The quantitative estimate of drug-likeness (QED) is 0.747. The lowest BCUT2D eigenvalue weighted by molar-refractivity contribution is -0.139. The van der Waals surface area contributed by atoms with Gasteiger partial charge in [-0.2, -0.15) is 0 Å². The van der Waals surface area contributed by atoms with Crippen LogP contribution in [-0.4, -0.2) is 34.7 Å². The van der Waals surface area contributed by atoms with Gasteiger partial charge in [-0.1, -0.05) is 18.2 Å². The molecule has 6 heteroatoms. The molecule has 1 amide bonds. The van der Waals surface area contributed by atoms with E-state index in [2.05, 4.69) is 5.32 Å². The first-order valence-electron chi connectivity index (χ1n) is 5.75. The minimum absolute atomic E-state index is 0.0467. The summed E-state index contributed by atoms with van der Waals surface area (Å²) >= 11 is 0. The number of hydrogen-bond acceptors (Lipinski definition) is 4. The maximum Gasteiger partial charge on any atom is 0.326 e. The fourth-order valence-electron chi connectivity index (χ4n) is 1.71. The van der Waals surface area contributed by atoms with Crippen molar-refractivity contribution in [3.05, 3.63) is 36.1 Å². The van der Waals surface area contributed by atoms with E-state index in [-0.39, 0.29) is 18.8 Å². The number of carboxylic acids is 1. The van der Waals surface area contributed by atoms with Gasteiger partial charge in [0.05, 0.1) is 0 Å². The number of rotatable bonds is 5. The van der Waals surface area contributed by atoms with Gasteiger partial charge in [0.25, 0.3) is 5.91 Å². The molecule has 0 aliphatic rings. The van der Waals surface area contributed by atoms with E-state index >= 15 is 0 Å². The Kier molecular flexibility index (Phi) is 3.82. The van der Waals surface area contributed by atoms with E-state index in [1.807, 2.05) is 6.07 Å². The summed E-state index contributed by atoms with van der Waals surface area (Å²) in [5, 5.41) is 20.7. The molecule has 100 valence electrons. The lowest BCUT2D eigenvalue weighted by atomic mass is 10.2. The van der Waals surface area contributed by atoms with Crippen LogP contribution in [-0.2, 0) is 4.79 Å². The molecule has 19 heavy (non-hydrogen) atoms. The Morgan fingerprint density at radius 3 is 2.68 bits per heavy atom. The van der Waals surface area contributed by atoms with E-state index in [9.17, 15) is 9.59 Å². The van der Waals surface area contributed by atoms with Crippen LogP contribution >= 0.6 is 0 Å². The Bertz CT molecular complexity index is 571. The Balaban J connectivity index is 2.16. The molecule has 3 N–H and O–H groups in total. The van der Waals surface area contributed by atoms with E-state index in [0.29, 0.717) is 5.58 Å². The summed E-state index contributed by atoms with van der Waals surface area (Å²) in [7, 11) is 0. The highest BCUT2D eigenvalue weighted by atomic mass is 16.4. The number of fused-ring (bicyclic) bond motifs is 1. The van der Waals surface area contributed by atoms with E-state index in [1.165, 1.54) is 0 Å². The van der Waals surface area contributed by atoms with Crippen molar-refractivity contribution in [3.8, 4) is 0 Å². The first-order valence-corrected chi connectivity index (χ1v) is 5.75. The van der Waals surface area contributed by atoms with Gasteiger partial charge in [0.2, 0.25) is 0 Å². The van der Waals surface area contributed by atoms with Gasteiger partial charge in [-0.05, 0) is 12.1 Å². The summed E-state index contributed by atoms with van der Waals surface area (Å²) in [6.07, 6.45) is -0.0543. The fraction of sp³-hybridized carbons (Fsp3) is 0.231. The number of amides is 1. The molecule has 2 aromatic rings. The van der Waals surface area contributed by atoms with Crippen molar-refractivity contribution < 1.29 is 24.2 Å². The second-order valence-corrected chi connectivity index (χ2v) is 4.03. The van der Waals surface area contributed by atoms with Gasteiger partial charge < -0.3 is 19.9 Å². The van der Waals surface area contributed by atoms with E-state index in [0.717, 1.165) is 5.39 Å². The normalized spacial score (nSPS) is 12.3. The fourth-order valence-corrected chi connectivity index (χ4v) is 1.71. The van der Waals surface area contributed by atoms with Crippen LogP contribution < -0.4 is 5.32 Å². The number of carbonyl (C=O) groups is 2. The van der Waals surface area contributed by atoms with Gasteiger partial charge in [-0.15, -0.1) is 0 Å². The Hall–Kier alpha value is -2.34. The second kappa shape index (κ2) is 5.53. The molecule has 0 fully saturated rings. The number of hydrogen-bond donors (Lipinski definition) is 3. The lowest BCUT2D eigenvalue weighted by Gasteiger charge is -2.11. The first-order chi connectivity index (χ1) is 9.11. The highest BCUT2D eigenvalue weighted by Crippen LogP contribution is 2.18. The molecule has 1 aromatic heterocycles. The molecule has 0 aliphatic heterocycles. The third-order valence-electron chi connectivity index (χ3n) is 2.67. The SMILES string of the molecule is O=C(N[C@H](CCO)C(=O)O)c1cc2ccccc2o1. The number of benzene rings is 1. The second-order valence-electron chi connectivity index (χ2n) is 4.03. The zero-order valence-electron chi connectivity index (χ0n) is 10.00. The summed E-state index contributed by atoms with van der Waals surface area (Å²) < 4.78 is 5.32. The first kappa shape index (κ1) is 13.1. The molecule has 0 spiro atoms. The summed E-state index contributed by atoms with van der Waals surface area (Å²) in [5.41, 5.74) is 0.557. The predicted molar refractivity (Wildman–Crippen MR) is 66.8 cm³/mol. The Morgan fingerprint density at radius 2 is 2.05 bits per heavy atom. The molecule has 1 heterocycles. The van der Waals surface area contributed by atoms with Crippen molar-refractivity contribution in [2.45, 2.75) is 12.5 Å². The molecule has 0 bridgehead atoms. The summed E-state index contributed by atoms with van der Waals surface area (Å²) in [4.78, 5) is 22.7. The van der Waals surface area contributed by atoms with Gasteiger partial charge in [-0.25, -0.2) is 4.79 Å². The van der Waals surface area contributed by atoms with Gasteiger partial charge in [0, 0.05) is 18.4 Å². The van der Waals surface area contributed by atoms with Gasteiger partial charge in [-0.3, -0.25) is 4.79 Å². The van der Waals surface area contributed by atoms with Crippen LogP contribution in [0.5, 0.6) is 0 Å². The number of aliphatic hydroxyl groups is 1. The number of aliphatic hydroxyl groups excluding tert-OH is 1. The molecule has 1 aromatic carbocycles. The highest BCUT2D eigenvalue weighted by molar-refractivity contribution is 5.97. The minimum atomic E-state index is -1.20. The van der Waals surface area contributed by atoms with Gasteiger partial charge in [0.1, 0.15) is 11.6 Å². The number of para-hydroxylation sites is 1. The van der Waals surface area contributed by atoms with Crippen LogP contribution in [0.2, 0.25) is 0 Å². The smallest absolute Gasteiger partial charge is 0.326 e. The average Bonchev–Trinajstić information content (AvgIpc) is 2.81. The molecule has 0 saturated heterocycles. The molecular formula is C13H13NO5. The third kappa shape index (κ3) is 2.92. The molecule has 0 saturated carbocycles. The van der Waals surface area contributed by atoms with Crippen LogP contribution in [0.4, 0.5) is 0 Å². The topological polar surface area (TPSA) is 99.8 Å². The zero-order chi connectivity index (χ0) is 13.8. The third-order valence-corrected chi connectivity index (χ3v) is 2.67. The molecule has 2 rings (SSSR count). The van der Waals surface area contributed by atoms with E-state index in [4.69, 9.17) is 14.6 Å². The predicted octanol–water partition coefficient (Wildman–Crippen LogP) is 0.998. The molecule has 0 unspecified atom stereocenters. The monoisotopic (exact) mass is 263 g/mol. The van der Waals surface area contributed by atoms with Crippen molar-refractivity contribution in [3.63, 3.8) is 0 Å². The van der Waals surface area contributed by atoms with E-state index < -0.39 is 17.9 Å². The molecular weight excluding hydrogens is 250 g/mol. The molecule has 0 aliphatic carbocycles. The molecule has 6 nitrogen and oxygen atoms in total. The number of carboxylic acid groups (broad SMARTS) is 1. The Labute approximate surface area is 108 Å². The van der Waals surface area contributed by atoms with Crippen molar-refractivity contribution >= 4 is 22.8 Å². The zero-order valence-corrected chi connectivity index (χ0v) is 10.00. The number of furan rings is 1. The summed E-state index contributed by atoms with van der Waals surface area (Å²) in [5.74, 6) is -1.76. The lowest BCUT2D eigenvalue weighted by Crippen LogP contribution is -2.41. The minimum Gasteiger partial charge on any atom is -0.480 e. The van der Waals surface area contributed by atoms with Crippen LogP contribution in [0.15, 0.2) is 34.7 Å². The molecule has 0 radical (unpaired) electrons. The number of aliphatic carboxylic acids is 1.